The first-order valence-electron chi connectivity index (χ1n) is 9.26. The number of morpholine rings is 2. The fourth-order valence-corrected chi connectivity index (χ4v) is 4.38. The smallest absolute Gasteiger partial charge is 0.290 e. The molecule has 0 saturated carbocycles. The number of amides is 2. The number of carboxylic acid groups (broad SMARTS) is 1. The van der Waals surface area contributed by atoms with Crippen molar-refractivity contribution in [3.05, 3.63) is 35.9 Å². The van der Waals surface area contributed by atoms with Gasteiger partial charge in [-0.15, -0.1) is 0 Å². The molecule has 166 valence electrons. The third-order valence-electron chi connectivity index (χ3n) is 4.45. The Bertz CT molecular complexity index is 812. The van der Waals surface area contributed by atoms with E-state index in [0.29, 0.717) is 26.3 Å². The number of nitrogens with one attached hydrogen (secondary N) is 2. The van der Waals surface area contributed by atoms with E-state index in [1.165, 1.54) is 4.31 Å². The Hall–Kier alpha value is -2.54. The molecule has 2 atom stereocenters. The predicted molar refractivity (Wildman–Crippen MR) is 105 cm³/mol. The Labute approximate surface area is 174 Å². The first-order chi connectivity index (χ1) is 14.4. The van der Waals surface area contributed by atoms with Crippen LogP contribution < -0.4 is 10.6 Å². The van der Waals surface area contributed by atoms with Crippen LogP contribution in [0.5, 0.6) is 0 Å². The minimum atomic E-state index is -3.46. The topological polar surface area (TPSA) is 151 Å². The molecule has 2 aliphatic heterocycles. The molecule has 2 aliphatic rings. The fraction of sp³-hybridized carbons (Fsp3) is 0.500. The molecule has 1 aromatic rings. The van der Waals surface area contributed by atoms with E-state index in [1.54, 1.807) is 24.3 Å². The van der Waals surface area contributed by atoms with Gasteiger partial charge in [-0.05, 0) is 5.56 Å². The van der Waals surface area contributed by atoms with Crippen molar-refractivity contribution in [2.75, 3.05) is 45.2 Å². The van der Waals surface area contributed by atoms with Gasteiger partial charge < -0.3 is 25.2 Å². The van der Waals surface area contributed by atoms with Crippen LogP contribution in [-0.2, 0) is 33.9 Å². The number of hydrogen-bond acceptors (Lipinski definition) is 7. The molecule has 12 heteroatoms. The maximum absolute atomic E-state index is 12.5. The first-order valence-corrected chi connectivity index (χ1v) is 10.9. The van der Waals surface area contributed by atoms with Crippen LogP contribution in [0.15, 0.2) is 30.3 Å². The van der Waals surface area contributed by atoms with E-state index in [1.807, 2.05) is 6.07 Å². The van der Waals surface area contributed by atoms with Gasteiger partial charge in [0.1, 0.15) is 6.61 Å². The van der Waals surface area contributed by atoms with Crippen LogP contribution in [0.3, 0.4) is 0 Å². The van der Waals surface area contributed by atoms with Crippen molar-refractivity contribution < 1.29 is 37.4 Å². The molecule has 30 heavy (non-hydrogen) atoms. The second-order valence-electron chi connectivity index (χ2n) is 6.41. The summed E-state index contributed by atoms with van der Waals surface area (Å²) in [4.78, 5) is 32.6. The summed E-state index contributed by atoms with van der Waals surface area (Å²) in [5.74, 6) is -0.961. The number of hydrogen-bond donors (Lipinski definition) is 3. The molecular weight excluding hydrogens is 418 g/mol. The zero-order valence-electron chi connectivity index (χ0n) is 16.2. The molecule has 0 bridgehead atoms. The molecule has 0 radical (unpaired) electrons. The number of rotatable bonds is 6. The number of ether oxygens (including phenoxy) is 2. The van der Waals surface area contributed by atoms with Gasteiger partial charge >= 0.3 is 0 Å². The monoisotopic (exact) mass is 443 g/mol. The van der Waals surface area contributed by atoms with Crippen molar-refractivity contribution in [2.24, 2.45) is 0 Å². The number of nitrogens with zero attached hydrogens (tertiary/aromatic N) is 1. The summed E-state index contributed by atoms with van der Waals surface area (Å²) < 4.78 is 36.5. The third-order valence-corrected chi connectivity index (χ3v) is 6.32. The number of sulfonamides is 1. The number of benzene rings is 1. The highest BCUT2D eigenvalue weighted by Gasteiger charge is 2.36. The van der Waals surface area contributed by atoms with Crippen molar-refractivity contribution in [3.63, 3.8) is 0 Å². The number of carbonyl (C=O) groups is 3. The molecule has 1 aromatic carbocycles. The molecule has 11 nitrogen and oxygen atoms in total. The molecule has 2 amide bonds. The van der Waals surface area contributed by atoms with Gasteiger partial charge in [-0.2, -0.15) is 4.31 Å². The van der Waals surface area contributed by atoms with Crippen molar-refractivity contribution in [1.29, 1.82) is 0 Å². The van der Waals surface area contributed by atoms with Gasteiger partial charge in [0, 0.05) is 19.6 Å². The molecule has 3 rings (SSSR count). The quantitative estimate of drug-likeness (QED) is 0.460. The molecule has 0 aliphatic carbocycles. The summed E-state index contributed by atoms with van der Waals surface area (Å²) in [7, 11) is -3.46. The molecular formula is C18H25N3O8S. The second-order valence-corrected chi connectivity index (χ2v) is 8.50. The summed E-state index contributed by atoms with van der Waals surface area (Å²) in [5.41, 5.74) is 0.742. The van der Waals surface area contributed by atoms with Crippen LogP contribution in [0.4, 0.5) is 0 Å². The van der Waals surface area contributed by atoms with E-state index in [0.717, 1.165) is 5.56 Å². The summed E-state index contributed by atoms with van der Waals surface area (Å²) >= 11 is 0. The van der Waals surface area contributed by atoms with Gasteiger partial charge in [-0.3, -0.25) is 14.4 Å². The lowest BCUT2D eigenvalue weighted by Crippen LogP contribution is -2.53. The van der Waals surface area contributed by atoms with E-state index in [4.69, 9.17) is 19.4 Å². The fourth-order valence-electron chi connectivity index (χ4n) is 3.06. The van der Waals surface area contributed by atoms with E-state index < -0.39 is 28.1 Å². The first kappa shape index (κ1) is 23.7. The van der Waals surface area contributed by atoms with Crippen LogP contribution >= 0.6 is 0 Å². The average molecular weight is 443 g/mol. The molecule has 2 heterocycles. The normalized spacial score (nSPS) is 22.2. The standard InChI is InChI=1S/C17H23N3O6S.CH2O2/c21-14-12-26-16(15(19-14)13-4-2-1-3-5-13)17(22)18-6-11-27(23,24)20-7-9-25-10-8-20;2-1-3/h1-5,15-16H,6-12H2,(H,18,22)(H,19,21);1H,(H,2,3)/t15-,16+;/m1./s1. The van der Waals surface area contributed by atoms with Crippen LogP contribution in [0.25, 0.3) is 0 Å². The van der Waals surface area contributed by atoms with Crippen LogP contribution in [0, 0.1) is 0 Å². The van der Waals surface area contributed by atoms with Gasteiger partial charge in [-0.25, -0.2) is 8.42 Å². The Kier molecular flexibility index (Phi) is 9.17. The summed E-state index contributed by atoms with van der Waals surface area (Å²) in [6.07, 6.45) is -0.920. The maximum Gasteiger partial charge on any atom is 0.290 e. The van der Waals surface area contributed by atoms with Gasteiger partial charge in [0.2, 0.25) is 15.9 Å². The van der Waals surface area contributed by atoms with Crippen molar-refractivity contribution in [3.8, 4) is 0 Å². The van der Waals surface area contributed by atoms with Crippen molar-refractivity contribution in [1.82, 2.24) is 14.9 Å². The van der Waals surface area contributed by atoms with Crippen molar-refractivity contribution >= 4 is 28.3 Å². The summed E-state index contributed by atoms with van der Waals surface area (Å²) in [6, 6.07) is 8.41. The van der Waals surface area contributed by atoms with E-state index in [2.05, 4.69) is 10.6 Å². The highest BCUT2D eigenvalue weighted by atomic mass is 32.2. The minimum Gasteiger partial charge on any atom is -0.483 e. The maximum atomic E-state index is 12.5. The summed E-state index contributed by atoms with van der Waals surface area (Å²) in [5, 5.41) is 12.3. The molecule has 0 unspecified atom stereocenters. The Balaban J connectivity index is 0.00000101. The Morgan fingerprint density at radius 2 is 1.90 bits per heavy atom. The Morgan fingerprint density at radius 3 is 2.53 bits per heavy atom. The molecule has 3 N–H and O–H groups in total. The molecule has 0 spiro atoms. The highest BCUT2D eigenvalue weighted by molar-refractivity contribution is 7.89. The van der Waals surface area contributed by atoms with Gasteiger partial charge in [-0.1, -0.05) is 30.3 Å². The zero-order chi connectivity index (χ0) is 22.0. The van der Waals surface area contributed by atoms with Gasteiger partial charge in [0.05, 0.1) is 25.0 Å². The molecule has 0 aromatic heterocycles. The minimum absolute atomic E-state index is 0.0339. The van der Waals surface area contributed by atoms with Gasteiger partial charge in [0.15, 0.2) is 6.10 Å². The average Bonchev–Trinajstić information content (AvgIpc) is 2.75. The second kappa shape index (κ2) is 11.6. The Morgan fingerprint density at radius 1 is 1.27 bits per heavy atom. The molecule has 2 fully saturated rings. The largest absolute Gasteiger partial charge is 0.483 e. The van der Waals surface area contributed by atoms with Crippen LogP contribution in [0.2, 0.25) is 0 Å². The SMILES string of the molecule is O=C1CO[C@H](C(=O)NCCS(=O)(=O)N2CCOCC2)[C@@H](c2ccccc2)N1.O=CO. The zero-order valence-corrected chi connectivity index (χ0v) is 17.0. The van der Waals surface area contributed by atoms with E-state index >= 15 is 0 Å². The number of carbonyl (C=O) groups excluding carboxylic acids is 2. The van der Waals surface area contributed by atoms with Crippen LogP contribution in [-0.4, -0.2) is 87.4 Å². The lowest BCUT2D eigenvalue weighted by molar-refractivity contribution is -0.148. The highest BCUT2D eigenvalue weighted by Crippen LogP contribution is 2.22. The summed E-state index contributed by atoms with van der Waals surface area (Å²) in [6.45, 7) is 0.898. The van der Waals surface area contributed by atoms with E-state index in [9.17, 15) is 18.0 Å². The third kappa shape index (κ3) is 6.76. The van der Waals surface area contributed by atoms with Gasteiger partial charge in [0.25, 0.3) is 12.4 Å². The lowest BCUT2D eigenvalue weighted by atomic mass is 9.99. The molecule has 2 saturated heterocycles. The van der Waals surface area contributed by atoms with E-state index in [-0.39, 0.29) is 31.3 Å². The van der Waals surface area contributed by atoms with Crippen molar-refractivity contribution in [2.45, 2.75) is 12.1 Å². The lowest BCUT2D eigenvalue weighted by Gasteiger charge is -2.32. The van der Waals surface area contributed by atoms with Crippen LogP contribution in [0.1, 0.15) is 11.6 Å². The predicted octanol–water partition coefficient (Wildman–Crippen LogP) is -1.28.